The van der Waals surface area contributed by atoms with E-state index >= 15 is 4.39 Å². The van der Waals surface area contributed by atoms with Crippen molar-refractivity contribution in [1.82, 2.24) is 29.5 Å². The molecule has 190 valence electrons. The van der Waals surface area contributed by atoms with Gasteiger partial charge in [-0.25, -0.2) is 9.37 Å². The van der Waals surface area contributed by atoms with Gasteiger partial charge >= 0.3 is 0 Å². The summed E-state index contributed by atoms with van der Waals surface area (Å²) in [4.78, 5) is 35.9. The topological polar surface area (TPSA) is 86.6 Å². The number of carbonyl (C=O) groups is 2. The van der Waals surface area contributed by atoms with Crippen molar-refractivity contribution in [2.75, 3.05) is 45.1 Å². The maximum atomic E-state index is 15.2. The standard InChI is InChI=1S/C26H32FN7O2/c1-16(2)33-6-5-19-13-23(30-34(19)15-24(33)35)29-22-12-18-11-20(25(27)17(3)21(18)14-28-22)26(36)32-9-7-31(4)8-10-32/h11-14,16H,5-10,15H2,1-4H3,(H,28,29,30). The van der Waals surface area contributed by atoms with Gasteiger partial charge in [-0.15, -0.1) is 0 Å². The minimum Gasteiger partial charge on any atom is -0.338 e. The number of nitrogens with one attached hydrogen (secondary N) is 1. The quantitative estimate of drug-likeness (QED) is 0.602. The van der Waals surface area contributed by atoms with Crippen LogP contribution in [0.3, 0.4) is 0 Å². The number of nitrogens with zero attached hydrogens (tertiary/aromatic N) is 6. The highest BCUT2D eigenvalue weighted by Crippen LogP contribution is 2.28. The Labute approximate surface area is 209 Å². The van der Waals surface area contributed by atoms with Gasteiger partial charge in [0.2, 0.25) is 5.91 Å². The molecule has 9 nitrogen and oxygen atoms in total. The van der Waals surface area contributed by atoms with Crippen molar-refractivity contribution >= 4 is 34.2 Å². The Morgan fingerprint density at radius 2 is 1.83 bits per heavy atom. The molecule has 5 rings (SSSR count). The number of likely N-dealkylation sites (N-methyl/N-ethyl adjacent to an activating group) is 1. The van der Waals surface area contributed by atoms with Crippen LogP contribution in [0.4, 0.5) is 16.0 Å². The van der Waals surface area contributed by atoms with Gasteiger partial charge in [0.1, 0.15) is 18.2 Å². The van der Waals surface area contributed by atoms with E-state index in [0.29, 0.717) is 42.2 Å². The van der Waals surface area contributed by atoms with Gasteiger partial charge in [0.05, 0.1) is 5.56 Å². The maximum absolute atomic E-state index is 15.2. The van der Waals surface area contributed by atoms with Crippen LogP contribution in [-0.2, 0) is 17.8 Å². The lowest BCUT2D eigenvalue weighted by molar-refractivity contribution is -0.133. The second kappa shape index (κ2) is 9.50. The van der Waals surface area contributed by atoms with Crippen molar-refractivity contribution in [3.8, 4) is 0 Å². The first-order valence-electron chi connectivity index (χ1n) is 12.4. The molecule has 0 aliphatic carbocycles. The molecule has 36 heavy (non-hydrogen) atoms. The van der Waals surface area contributed by atoms with Crippen LogP contribution in [-0.4, -0.2) is 87.1 Å². The number of piperazine rings is 1. The molecule has 0 saturated carbocycles. The lowest BCUT2D eigenvalue weighted by atomic mass is 10.0. The monoisotopic (exact) mass is 493 g/mol. The molecule has 1 aromatic carbocycles. The zero-order valence-electron chi connectivity index (χ0n) is 21.2. The molecule has 10 heteroatoms. The highest BCUT2D eigenvalue weighted by molar-refractivity contribution is 6.00. The van der Waals surface area contributed by atoms with Crippen molar-refractivity contribution in [1.29, 1.82) is 0 Å². The van der Waals surface area contributed by atoms with E-state index in [-0.39, 0.29) is 30.0 Å². The molecule has 0 spiro atoms. The van der Waals surface area contributed by atoms with E-state index < -0.39 is 5.82 Å². The van der Waals surface area contributed by atoms with Crippen LogP contribution < -0.4 is 5.32 Å². The van der Waals surface area contributed by atoms with Crippen molar-refractivity contribution < 1.29 is 14.0 Å². The number of rotatable bonds is 4. The molecule has 2 aliphatic rings. The van der Waals surface area contributed by atoms with Crippen molar-refractivity contribution in [2.45, 2.75) is 39.8 Å². The first kappa shape index (κ1) is 24.2. The molecule has 3 aromatic rings. The first-order chi connectivity index (χ1) is 17.2. The molecule has 2 amide bonds. The number of fused-ring (bicyclic) bond motifs is 2. The number of halogens is 1. The second-order valence-electron chi connectivity index (χ2n) is 9.98. The van der Waals surface area contributed by atoms with Crippen LogP contribution in [0.15, 0.2) is 24.4 Å². The minimum atomic E-state index is -0.494. The molecular weight excluding hydrogens is 461 g/mol. The van der Waals surface area contributed by atoms with Gasteiger partial charge < -0.3 is 20.0 Å². The summed E-state index contributed by atoms with van der Waals surface area (Å²) in [6.45, 7) is 9.28. The smallest absolute Gasteiger partial charge is 0.256 e. The lowest BCUT2D eigenvalue weighted by Crippen LogP contribution is -2.47. The zero-order chi connectivity index (χ0) is 25.6. The number of hydrogen-bond donors (Lipinski definition) is 1. The Hall–Kier alpha value is -3.53. The fourth-order valence-electron chi connectivity index (χ4n) is 4.96. The summed E-state index contributed by atoms with van der Waals surface area (Å²) in [5.74, 6) is 0.407. The van der Waals surface area contributed by atoms with Gasteiger partial charge in [-0.2, -0.15) is 5.10 Å². The number of anilines is 2. The molecule has 0 radical (unpaired) electrons. The van der Waals surface area contributed by atoms with Crippen LogP contribution in [0.5, 0.6) is 0 Å². The Balaban J connectivity index is 1.40. The van der Waals surface area contributed by atoms with Gasteiger partial charge in [-0.1, -0.05) is 0 Å². The van der Waals surface area contributed by atoms with E-state index in [1.165, 1.54) is 0 Å². The van der Waals surface area contributed by atoms with Crippen molar-refractivity contribution in [3.05, 3.63) is 47.0 Å². The fourth-order valence-corrected chi connectivity index (χ4v) is 4.96. The fraction of sp³-hybridized carbons (Fsp3) is 0.462. The Morgan fingerprint density at radius 1 is 1.08 bits per heavy atom. The summed E-state index contributed by atoms with van der Waals surface area (Å²) in [6.07, 6.45) is 2.34. The van der Waals surface area contributed by atoms with Crippen LogP contribution in [0.1, 0.15) is 35.5 Å². The van der Waals surface area contributed by atoms with Crippen molar-refractivity contribution in [2.24, 2.45) is 0 Å². The number of aromatic nitrogens is 3. The number of pyridine rings is 1. The maximum Gasteiger partial charge on any atom is 0.256 e. The van der Waals surface area contributed by atoms with E-state index in [0.717, 1.165) is 30.6 Å². The molecule has 4 heterocycles. The summed E-state index contributed by atoms with van der Waals surface area (Å²) >= 11 is 0. The lowest BCUT2D eigenvalue weighted by Gasteiger charge is -2.32. The van der Waals surface area contributed by atoms with Crippen LogP contribution in [0.2, 0.25) is 0 Å². The third kappa shape index (κ3) is 4.53. The van der Waals surface area contributed by atoms with Gasteiger partial charge in [-0.05, 0) is 50.9 Å². The summed E-state index contributed by atoms with van der Waals surface area (Å²) in [7, 11) is 2.01. The highest BCUT2D eigenvalue weighted by Gasteiger charge is 2.26. The van der Waals surface area contributed by atoms with E-state index in [1.54, 1.807) is 34.8 Å². The first-order valence-corrected chi connectivity index (χ1v) is 12.4. The molecule has 0 atom stereocenters. The molecule has 0 unspecified atom stereocenters. The molecule has 0 bridgehead atoms. The molecule has 2 aliphatic heterocycles. The predicted molar refractivity (Wildman–Crippen MR) is 136 cm³/mol. The Bertz CT molecular complexity index is 1330. The third-order valence-electron chi connectivity index (χ3n) is 7.18. The molecule has 1 saturated heterocycles. The van der Waals surface area contributed by atoms with Gasteiger partial charge in [0.25, 0.3) is 5.91 Å². The molecule has 2 aromatic heterocycles. The molecule has 1 fully saturated rings. The largest absolute Gasteiger partial charge is 0.338 e. The second-order valence-corrected chi connectivity index (χ2v) is 9.98. The average molecular weight is 494 g/mol. The SMILES string of the molecule is Cc1c(F)c(C(=O)N2CCN(C)CC2)cc2cc(Nc3cc4n(n3)CC(=O)N(C(C)C)CC4)ncc12. The number of amides is 2. The average Bonchev–Trinajstić information content (AvgIpc) is 3.14. The number of carbonyl (C=O) groups excluding carboxylic acids is 2. The number of benzene rings is 1. The van der Waals surface area contributed by atoms with E-state index in [4.69, 9.17) is 0 Å². The summed E-state index contributed by atoms with van der Waals surface area (Å²) in [5.41, 5.74) is 1.47. The van der Waals surface area contributed by atoms with Gasteiger partial charge in [0, 0.05) is 68.5 Å². The normalized spacial score (nSPS) is 17.0. The Kier molecular flexibility index (Phi) is 6.38. The minimum absolute atomic E-state index is 0.0530. The molecular formula is C26H32FN7O2. The highest BCUT2D eigenvalue weighted by atomic mass is 19.1. The molecule has 1 N–H and O–H groups in total. The van der Waals surface area contributed by atoms with Crippen LogP contribution in [0.25, 0.3) is 10.8 Å². The van der Waals surface area contributed by atoms with Crippen LogP contribution >= 0.6 is 0 Å². The van der Waals surface area contributed by atoms with Gasteiger partial charge in [0.15, 0.2) is 5.82 Å². The number of hydrogen-bond acceptors (Lipinski definition) is 6. The Morgan fingerprint density at radius 3 is 2.56 bits per heavy atom. The zero-order valence-corrected chi connectivity index (χ0v) is 21.2. The van der Waals surface area contributed by atoms with Crippen molar-refractivity contribution in [3.63, 3.8) is 0 Å². The van der Waals surface area contributed by atoms with E-state index in [2.05, 4.69) is 20.3 Å². The van der Waals surface area contributed by atoms with Gasteiger partial charge in [-0.3, -0.25) is 14.3 Å². The van der Waals surface area contributed by atoms with Crippen LogP contribution in [0, 0.1) is 12.7 Å². The third-order valence-corrected chi connectivity index (χ3v) is 7.18. The van der Waals surface area contributed by atoms with E-state index in [1.807, 2.05) is 31.9 Å². The predicted octanol–water partition coefficient (Wildman–Crippen LogP) is 2.80. The van der Waals surface area contributed by atoms with E-state index in [9.17, 15) is 9.59 Å². The summed E-state index contributed by atoms with van der Waals surface area (Å²) in [5, 5.41) is 9.17. The number of aryl methyl sites for hydroxylation is 1. The summed E-state index contributed by atoms with van der Waals surface area (Å²) in [6, 6.07) is 5.51. The summed E-state index contributed by atoms with van der Waals surface area (Å²) < 4.78 is 16.9.